The summed E-state index contributed by atoms with van der Waals surface area (Å²) in [5.41, 5.74) is 0.524. The lowest BCUT2D eigenvalue weighted by atomic mass is 10.2. The van der Waals surface area contributed by atoms with Crippen LogP contribution in [0, 0.1) is 0 Å². The summed E-state index contributed by atoms with van der Waals surface area (Å²) in [7, 11) is 0. The molecule has 1 aromatic rings. The lowest BCUT2D eigenvalue weighted by Crippen LogP contribution is -2.03. The first-order valence-corrected chi connectivity index (χ1v) is 5.43. The molecule has 0 radical (unpaired) electrons. The predicted molar refractivity (Wildman–Crippen MR) is 65.2 cm³/mol. The number of carboxylic acid groups (broad SMARTS) is 1. The van der Waals surface area contributed by atoms with Gasteiger partial charge in [-0.25, -0.2) is 4.79 Å². The van der Waals surface area contributed by atoms with Gasteiger partial charge in [-0.05, 0) is 25.1 Å². The van der Waals surface area contributed by atoms with Crippen molar-refractivity contribution < 1.29 is 19.4 Å². The molecule has 0 aliphatic carbocycles. The van der Waals surface area contributed by atoms with Crippen LogP contribution in [-0.2, 0) is 9.53 Å². The third kappa shape index (κ3) is 4.46. The van der Waals surface area contributed by atoms with E-state index in [1.54, 1.807) is 18.2 Å². The maximum Gasteiger partial charge on any atom is 0.328 e. The van der Waals surface area contributed by atoms with Crippen LogP contribution in [0.4, 0.5) is 0 Å². The number of carbonyl (C=O) groups is 1. The number of hydrogen-bond donors (Lipinski definition) is 1. The Bertz CT molecular complexity index is 415. The van der Waals surface area contributed by atoms with Gasteiger partial charge in [0, 0.05) is 18.2 Å². The van der Waals surface area contributed by atoms with Gasteiger partial charge >= 0.3 is 5.97 Å². The first-order chi connectivity index (χ1) is 8.15. The topological polar surface area (TPSA) is 55.8 Å². The fourth-order valence-electron chi connectivity index (χ4n) is 1.15. The summed E-state index contributed by atoms with van der Waals surface area (Å²) in [5, 5.41) is 9.00. The Kier molecular flexibility index (Phi) is 5.52. The average Bonchev–Trinajstić information content (AvgIpc) is 2.28. The summed E-state index contributed by atoms with van der Waals surface area (Å²) >= 11 is 5.96. The zero-order valence-corrected chi connectivity index (χ0v) is 10.1. The van der Waals surface area contributed by atoms with Crippen molar-refractivity contribution in [3.63, 3.8) is 0 Å². The monoisotopic (exact) mass is 256 g/mol. The van der Waals surface area contributed by atoms with E-state index in [1.807, 2.05) is 6.92 Å². The van der Waals surface area contributed by atoms with E-state index in [4.69, 9.17) is 26.2 Å². The molecule has 0 saturated heterocycles. The number of hydrogen-bond acceptors (Lipinski definition) is 3. The normalized spacial score (nSPS) is 10.7. The van der Waals surface area contributed by atoms with Gasteiger partial charge < -0.3 is 14.6 Å². The molecule has 92 valence electrons. The Morgan fingerprint density at radius 2 is 2.29 bits per heavy atom. The molecule has 0 amide bonds. The quantitative estimate of drug-likeness (QED) is 0.483. The first-order valence-electron chi connectivity index (χ1n) is 5.05. The Morgan fingerprint density at radius 3 is 2.94 bits per heavy atom. The minimum absolute atomic E-state index is 0.102. The summed E-state index contributed by atoms with van der Waals surface area (Å²) in [5.74, 6) is -0.552. The molecule has 0 heterocycles. The van der Waals surface area contributed by atoms with Crippen molar-refractivity contribution in [2.45, 2.75) is 6.92 Å². The van der Waals surface area contributed by atoms with Crippen LogP contribution in [-0.4, -0.2) is 24.5 Å². The number of aliphatic carboxylic acids is 1. The molecule has 4 nitrogen and oxygen atoms in total. The van der Waals surface area contributed by atoms with Gasteiger partial charge in [-0.3, -0.25) is 0 Å². The smallest absolute Gasteiger partial charge is 0.328 e. The number of rotatable bonds is 6. The summed E-state index contributed by atoms with van der Waals surface area (Å²) < 4.78 is 10.4. The van der Waals surface area contributed by atoms with Crippen molar-refractivity contribution in [1.82, 2.24) is 0 Å². The van der Waals surface area contributed by atoms with Gasteiger partial charge in [0.05, 0.1) is 5.02 Å². The van der Waals surface area contributed by atoms with Gasteiger partial charge in [0.15, 0.2) is 6.79 Å². The molecule has 17 heavy (non-hydrogen) atoms. The van der Waals surface area contributed by atoms with E-state index in [9.17, 15) is 4.79 Å². The van der Waals surface area contributed by atoms with Crippen LogP contribution in [0.15, 0.2) is 24.3 Å². The second-order valence-corrected chi connectivity index (χ2v) is 3.49. The molecule has 5 heteroatoms. The van der Waals surface area contributed by atoms with Gasteiger partial charge in [-0.1, -0.05) is 17.7 Å². The van der Waals surface area contributed by atoms with E-state index >= 15 is 0 Å². The second-order valence-electron chi connectivity index (χ2n) is 3.08. The maximum absolute atomic E-state index is 10.5. The highest BCUT2D eigenvalue weighted by Gasteiger charge is 2.05. The van der Waals surface area contributed by atoms with Gasteiger partial charge in [-0.15, -0.1) is 0 Å². The van der Waals surface area contributed by atoms with Crippen LogP contribution in [0.2, 0.25) is 5.02 Å². The lowest BCUT2D eigenvalue weighted by molar-refractivity contribution is -0.131. The first kappa shape index (κ1) is 13.5. The number of ether oxygens (including phenoxy) is 2. The molecule has 0 atom stereocenters. The van der Waals surface area contributed by atoms with Crippen LogP contribution in [0.25, 0.3) is 6.08 Å². The number of benzene rings is 1. The minimum Gasteiger partial charge on any atom is -0.478 e. The lowest BCUT2D eigenvalue weighted by Gasteiger charge is -2.09. The van der Waals surface area contributed by atoms with Gasteiger partial charge in [0.25, 0.3) is 0 Å². The molecule has 1 N–H and O–H groups in total. The SMILES string of the molecule is CCOCOc1cccc(Cl)c1/C=C/C(=O)O. The van der Waals surface area contributed by atoms with E-state index in [1.165, 1.54) is 6.08 Å². The molecule has 0 saturated carbocycles. The van der Waals surface area contributed by atoms with Crippen molar-refractivity contribution >= 4 is 23.6 Å². The molecule has 0 aliphatic heterocycles. The average molecular weight is 257 g/mol. The molecule has 0 aromatic heterocycles. The van der Waals surface area contributed by atoms with Crippen LogP contribution in [0.5, 0.6) is 5.75 Å². The van der Waals surface area contributed by atoms with Crippen LogP contribution in [0.3, 0.4) is 0 Å². The standard InChI is InChI=1S/C12H13ClO4/c1-2-16-8-17-11-5-3-4-10(13)9(11)6-7-12(14)15/h3-7H,2,8H2,1H3,(H,14,15)/b7-6+. The number of halogens is 1. The zero-order valence-electron chi connectivity index (χ0n) is 9.35. The zero-order chi connectivity index (χ0) is 12.7. The fraction of sp³-hybridized carbons (Fsp3) is 0.250. The molecular formula is C12H13ClO4. The summed E-state index contributed by atoms with van der Waals surface area (Å²) in [6.07, 6.45) is 2.40. The van der Waals surface area contributed by atoms with E-state index in [0.29, 0.717) is 22.9 Å². The molecule has 1 rings (SSSR count). The van der Waals surface area contributed by atoms with E-state index in [-0.39, 0.29) is 6.79 Å². The highest BCUT2D eigenvalue weighted by atomic mass is 35.5. The van der Waals surface area contributed by atoms with Crippen molar-refractivity contribution in [2.24, 2.45) is 0 Å². The Hall–Kier alpha value is -1.52. The number of carboxylic acids is 1. The van der Waals surface area contributed by atoms with Crippen LogP contribution < -0.4 is 4.74 Å². The molecule has 0 aliphatic rings. The van der Waals surface area contributed by atoms with Crippen molar-refractivity contribution in [1.29, 1.82) is 0 Å². The van der Waals surface area contributed by atoms with Crippen molar-refractivity contribution in [3.8, 4) is 5.75 Å². The van der Waals surface area contributed by atoms with Gasteiger partial charge in [-0.2, -0.15) is 0 Å². The van der Waals surface area contributed by atoms with Crippen LogP contribution >= 0.6 is 11.6 Å². The van der Waals surface area contributed by atoms with E-state index < -0.39 is 5.97 Å². The molecular weight excluding hydrogens is 244 g/mol. The third-order valence-corrected chi connectivity index (χ3v) is 2.24. The van der Waals surface area contributed by atoms with Gasteiger partial charge in [0.2, 0.25) is 0 Å². The van der Waals surface area contributed by atoms with Gasteiger partial charge in [0.1, 0.15) is 5.75 Å². The highest BCUT2D eigenvalue weighted by Crippen LogP contribution is 2.27. The van der Waals surface area contributed by atoms with Crippen LogP contribution in [0.1, 0.15) is 12.5 Å². The van der Waals surface area contributed by atoms with Crippen molar-refractivity contribution in [2.75, 3.05) is 13.4 Å². The van der Waals surface area contributed by atoms with E-state index in [0.717, 1.165) is 6.08 Å². The predicted octanol–water partition coefficient (Wildman–Crippen LogP) is 2.81. The van der Waals surface area contributed by atoms with E-state index in [2.05, 4.69) is 0 Å². The molecule has 0 unspecified atom stereocenters. The summed E-state index contributed by atoms with van der Waals surface area (Å²) in [4.78, 5) is 10.5. The maximum atomic E-state index is 10.5. The fourth-order valence-corrected chi connectivity index (χ4v) is 1.38. The largest absolute Gasteiger partial charge is 0.478 e. The summed E-state index contributed by atoms with van der Waals surface area (Å²) in [6.45, 7) is 2.50. The molecule has 1 aromatic carbocycles. The van der Waals surface area contributed by atoms with Crippen molar-refractivity contribution in [3.05, 3.63) is 34.9 Å². The third-order valence-electron chi connectivity index (χ3n) is 1.91. The Labute approximate surface area is 104 Å². The molecule has 0 fully saturated rings. The Balaban J connectivity index is 2.88. The molecule has 0 bridgehead atoms. The molecule has 0 spiro atoms. The second kappa shape index (κ2) is 6.93. The Morgan fingerprint density at radius 1 is 1.53 bits per heavy atom. The minimum atomic E-state index is -1.04. The highest BCUT2D eigenvalue weighted by molar-refractivity contribution is 6.32. The summed E-state index contributed by atoms with van der Waals surface area (Å²) in [6, 6.07) is 5.09.